The number of benzene rings is 2. The number of aliphatic hydroxyl groups excluding tert-OH is 1. The number of anilines is 1. The van der Waals surface area contributed by atoms with Crippen LogP contribution in [-0.4, -0.2) is 67.1 Å². The number of hydrogen-bond acceptors (Lipinski definition) is 3. The molecule has 36 heavy (non-hydrogen) atoms. The van der Waals surface area contributed by atoms with Gasteiger partial charge in [-0.1, -0.05) is 29.7 Å². The van der Waals surface area contributed by atoms with Crippen LogP contribution in [0.15, 0.2) is 42.5 Å². The summed E-state index contributed by atoms with van der Waals surface area (Å²) in [5, 5.41) is 12.4. The van der Waals surface area contributed by atoms with Gasteiger partial charge in [-0.05, 0) is 55.4 Å². The molecular weight excluding hydrogens is 473 g/mol. The molecular formula is C26H28BF4N3O2. The van der Waals surface area contributed by atoms with Crippen LogP contribution in [0.1, 0.15) is 36.8 Å². The Hall–Kier alpha value is -2.59. The number of β-amino-alcohol motifs (C(OH)–C–C–N with tert-alkyl or cyclic N) is 1. The molecule has 0 aromatic heterocycles. The lowest BCUT2D eigenvalue weighted by atomic mass is 9.87. The van der Waals surface area contributed by atoms with Crippen LogP contribution >= 0.6 is 0 Å². The number of nitrogens with one attached hydrogen (secondary N) is 1. The first-order valence-corrected chi connectivity index (χ1v) is 12.3. The molecule has 2 aliphatic carbocycles. The highest BCUT2D eigenvalue weighted by molar-refractivity contribution is 6.32. The lowest BCUT2D eigenvalue weighted by molar-refractivity contribution is -0.139. The van der Waals surface area contributed by atoms with E-state index in [2.05, 4.69) is 16.3 Å². The maximum Gasteiger partial charge on any atom is 0.419 e. The van der Waals surface area contributed by atoms with Crippen molar-refractivity contribution in [3.05, 3.63) is 59.4 Å². The Morgan fingerprint density at radius 2 is 2.03 bits per heavy atom. The van der Waals surface area contributed by atoms with Crippen LogP contribution < -0.4 is 10.8 Å². The van der Waals surface area contributed by atoms with Gasteiger partial charge in [-0.25, -0.2) is 9.18 Å². The molecule has 0 unspecified atom stereocenters. The highest BCUT2D eigenvalue weighted by Crippen LogP contribution is 2.65. The van der Waals surface area contributed by atoms with Crippen molar-refractivity contribution in [3.63, 3.8) is 0 Å². The summed E-state index contributed by atoms with van der Waals surface area (Å²) < 4.78 is 53.3. The summed E-state index contributed by atoms with van der Waals surface area (Å²) in [5.74, 6) is -1.15. The Labute approximate surface area is 208 Å². The van der Waals surface area contributed by atoms with Crippen molar-refractivity contribution >= 4 is 25.0 Å². The second-order valence-corrected chi connectivity index (χ2v) is 10.3. The van der Waals surface area contributed by atoms with Crippen molar-refractivity contribution in [2.45, 2.75) is 49.4 Å². The van der Waals surface area contributed by atoms with Crippen LogP contribution in [0, 0.1) is 11.7 Å². The van der Waals surface area contributed by atoms with Gasteiger partial charge in [-0.15, -0.1) is 0 Å². The van der Waals surface area contributed by atoms with Crippen LogP contribution in [0.25, 0.3) is 0 Å². The number of carbonyl (C=O) groups is 1. The van der Waals surface area contributed by atoms with Crippen molar-refractivity contribution in [2.75, 3.05) is 31.5 Å². The van der Waals surface area contributed by atoms with Crippen LogP contribution in [-0.2, 0) is 11.6 Å². The molecule has 5 nitrogen and oxygen atoms in total. The normalized spacial score (nSPS) is 27.6. The Morgan fingerprint density at radius 3 is 2.69 bits per heavy atom. The molecule has 4 atom stereocenters. The minimum absolute atomic E-state index is 0.0399. The van der Waals surface area contributed by atoms with Gasteiger partial charge in [-0.3, -0.25) is 4.90 Å². The van der Waals surface area contributed by atoms with E-state index < -0.39 is 29.7 Å². The van der Waals surface area contributed by atoms with E-state index in [1.165, 1.54) is 0 Å². The molecule has 2 N–H and O–H groups in total. The Bertz CT molecular complexity index is 1150. The lowest BCUT2D eigenvalue weighted by Gasteiger charge is -2.32. The van der Waals surface area contributed by atoms with Gasteiger partial charge in [0.1, 0.15) is 13.7 Å². The third kappa shape index (κ3) is 4.85. The summed E-state index contributed by atoms with van der Waals surface area (Å²) in [6, 6.07) is 9.71. The third-order valence-electron chi connectivity index (χ3n) is 8.03. The number of alkyl halides is 3. The topological polar surface area (TPSA) is 55.8 Å². The number of fused-ring (bicyclic) bond motifs is 1. The molecule has 2 saturated carbocycles. The number of aliphatic hydroxyl groups is 1. The molecule has 10 heteroatoms. The third-order valence-corrected chi connectivity index (χ3v) is 8.03. The molecule has 1 saturated heterocycles. The molecule has 3 fully saturated rings. The number of urea groups is 1. The zero-order valence-electron chi connectivity index (χ0n) is 19.8. The van der Waals surface area contributed by atoms with Crippen molar-refractivity contribution in [3.8, 4) is 0 Å². The standard InChI is InChI=1S/C26H28BF4N3O2/c27-17-3-1-2-16(12-17)25-8-6-23(21(25)14-25)34(11-10-33-9-7-19(35)15-33)24(36)32-18-4-5-22(28)20(13-18)26(29,30)31/h1-5,12-13,19,21,23,35H,6-11,14-15H2,(H,32,36)/t19-,21-,23-,25-/m1/s1. The quantitative estimate of drug-likeness (QED) is 0.470. The number of likely N-dealkylation sites (tertiary alicyclic amines) is 1. The van der Waals surface area contributed by atoms with Crippen molar-refractivity contribution < 1.29 is 27.5 Å². The van der Waals surface area contributed by atoms with E-state index in [-0.39, 0.29) is 23.1 Å². The van der Waals surface area contributed by atoms with Crippen LogP contribution in [0.4, 0.5) is 28.0 Å². The molecule has 1 aliphatic heterocycles. The van der Waals surface area contributed by atoms with Gasteiger partial charge >= 0.3 is 12.2 Å². The van der Waals surface area contributed by atoms with Crippen LogP contribution in [0.5, 0.6) is 0 Å². The SMILES string of the molecule is [B]c1cccc([C@]23CC[C@@H](N(CCN4CC[C@@H](O)C4)C(=O)Nc4ccc(F)c(C(F)(F)F)c4)[C@H]2C3)c1. The predicted octanol–water partition coefficient (Wildman–Crippen LogP) is 3.66. The summed E-state index contributed by atoms with van der Waals surface area (Å²) in [6.07, 6.45) is -2.00. The zero-order chi connectivity index (χ0) is 25.7. The molecule has 2 aromatic carbocycles. The number of hydrogen-bond donors (Lipinski definition) is 2. The fraction of sp³-hybridized carbons (Fsp3) is 0.500. The fourth-order valence-corrected chi connectivity index (χ4v) is 6.13. The summed E-state index contributed by atoms with van der Waals surface area (Å²) in [5.41, 5.74) is 0.288. The molecule has 2 aromatic rings. The van der Waals surface area contributed by atoms with E-state index in [0.29, 0.717) is 37.6 Å². The van der Waals surface area contributed by atoms with E-state index in [9.17, 15) is 27.5 Å². The van der Waals surface area contributed by atoms with Crippen molar-refractivity contribution in [1.82, 2.24) is 9.80 Å². The maximum absolute atomic E-state index is 13.7. The molecule has 0 bridgehead atoms. The number of nitrogens with zero attached hydrogens (tertiary/aromatic N) is 2. The average molecular weight is 501 g/mol. The summed E-state index contributed by atoms with van der Waals surface area (Å²) >= 11 is 0. The van der Waals surface area contributed by atoms with E-state index in [0.717, 1.165) is 43.5 Å². The van der Waals surface area contributed by atoms with Gasteiger partial charge in [0.05, 0.1) is 11.7 Å². The zero-order valence-corrected chi connectivity index (χ0v) is 19.8. The minimum Gasteiger partial charge on any atom is -0.392 e. The highest BCUT2D eigenvalue weighted by atomic mass is 19.4. The summed E-state index contributed by atoms with van der Waals surface area (Å²) in [7, 11) is 6.01. The van der Waals surface area contributed by atoms with Gasteiger partial charge in [0.2, 0.25) is 0 Å². The Balaban J connectivity index is 1.35. The lowest BCUT2D eigenvalue weighted by Crippen LogP contribution is -2.47. The maximum atomic E-state index is 13.7. The molecule has 5 rings (SSSR count). The van der Waals surface area contributed by atoms with E-state index in [1.807, 2.05) is 18.2 Å². The fourth-order valence-electron chi connectivity index (χ4n) is 6.13. The molecule has 3 aliphatic rings. The first-order valence-electron chi connectivity index (χ1n) is 12.3. The smallest absolute Gasteiger partial charge is 0.392 e. The molecule has 2 amide bonds. The Kier molecular flexibility index (Phi) is 6.53. The number of amides is 2. The van der Waals surface area contributed by atoms with Crippen LogP contribution in [0.3, 0.4) is 0 Å². The largest absolute Gasteiger partial charge is 0.419 e. The van der Waals surface area contributed by atoms with Crippen molar-refractivity contribution in [2.24, 2.45) is 5.92 Å². The second kappa shape index (κ2) is 9.37. The van der Waals surface area contributed by atoms with E-state index >= 15 is 0 Å². The molecule has 190 valence electrons. The van der Waals surface area contributed by atoms with Gasteiger partial charge in [0.25, 0.3) is 0 Å². The molecule has 1 heterocycles. The molecule has 0 spiro atoms. The van der Waals surface area contributed by atoms with E-state index in [1.54, 1.807) is 4.90 Å². The minimum atomic E-state index is -4.86. The average Bonchev–Trinajstić information content (AvgIpc) is 3.22. The van der Waals surface area contributed by atoms with Crippen LogP contribution in [0.2, 0.25) is 0 Å². The van der Waals surface area contributed by atoms with Gasteiger partial charge < -0.3 is 15.3 Å². The second-order valence-electron chi connectivity index (χ2n) is 10.3. The molecule has 2 radical (unpaired) electrons. The monoisotopic (exact) mass is 501 g/mol. The van der Waals surface area contributed by atoms with E-state index in [4.69, 9.17) is 7.85 Å². The first-order chi connectivity index (χ1) is 17.1. The first kappa shape index (κ1) is 25.1. The number of rotatable bonds is 6. The highest BCUT2D eigenvalue weighted by Gasteiger charge is 2.64. The Morgan fingerprint density at radius 1 is 1.22 bits per heavy atom. The van der Waals surface area contributed by atoms with Crippen molar-refractivity contribution in [1.29, 1.82) is 0 Å². The predicted molar refractivity (Wildman–Crippen MR) is 129 cm³/mol. The van der Waals surface area contributed by atoms with Gasteiger partial charge in [0.15, 0.2) is 0 Å². The van der Waals surface area contributed by atoms with Gasteiger partial charge in [-0.2, -0.15) is 13.2 Å². The number of carbonyl (C=O) groups excluding carboxylic acids is 1. The van der Waals surface area contributed by atoms with Gasteiger partial charge in [0, 0.05) is 43.3 Å². The summed E-state index contributed by atoms with van der Waals surface area (Å²) in [4.78, 5) is 17.2. The number of halogens is 4. The summed E-state index contributed by atoms with van der Waals surface area (Å²) in [6.45, 7) is 2.19.